The van der Waals surface area contributed by atoms with Crippen LogP contribution in [-0.4, -0.2) is 41.0 Å². The Morgan fingerprint density at radius 1 is 1.38 bits per heavy atom. The van der Waals surface area contributed by atoms with Gasteiger partial charge in [-0.25, -0.2) is 0 Å². The first-order chi connectivity index (χ1) is 9.82. The molecule has 2 unspecified atom stereocenters. The van der Waals surface area contributed by atoms with E-state index in [0.717, 1.165) is 0 Å². The summed E-state index contributed by atoms with van der Waals surface area (Å²) in [5, 5.41) is 12.7. The van der Waals surface area contributed by atoms with Gasteiger partial charge in [0.1, 0.15) is 0 Å². The lowest BCUT2D eigenvalue weighted by atomic mass is 9.90. The van der Waals surface area contributed by atoms with Gasteiger partial charge in [-0.3, -0.25) is 14.5 Å². The maximum Gasteiger partial charge on any atom is 0.310 e. The Morgan fingerprint density at radius 3 is 2.52 bits per heavy atom. The minimum absolute atomic E-state index is 0.146. The number of nitrogens with one attached hydrogen (secondary N) is 1. The fourth-order valence-electron chi connectivity index (χ4n) is 2.45. The molecule has 1 aliphatic rings. The van der Waals surface area contributed by atoms with Crippen LogP contribution in [0.25, 0.3) is 0 Å². The zero-order valence-corrected chi connectivity index (χ0v) is 12.9. The van der Waals surface area contributed by atoms with Gasteiger partial charge in [-0.1, -0.05) is 11.6 Å². The number of carbonyl (C=O) groups is 2. The number of benzene rings is 1. The predicted octanol–water partition coefficient (Wildman–Crippen LogP) is 2.46. The summed E-state index contributed by atoms with van der Waals surface area (Å²) in [5.74, 6) is -0.956. The Bertz CT molecular complexity index is 546. The van der Waals surface area contributed by atoms with Crippen molar-refractivity contribution in [2.75, 3.05) is 18.4 Å². The van der Waals surface area contributed by atoms with E-state index in [4.69, 9.17) is 11.6 Å². The van der Waals surface area contributed by atoms with Gasteiger partial charge in [0.05, 0.1) is 11.5 Å². The van der Waals surface area contributed by atoms with Crippen molar-refractivity contribution in [2.45, 2.75) is 26.3 Å². The second kappa shape index (κ2) is 6.03. The SMILES string of the molecule is CC(C(=O)Nc1ccc(Cl)cc1)N1CCC(C)(C(=O)O)C1. The molecule has 1 aromatic carbocycles. The van der Waals surface area contributed by atoms with Crippen LogP contribution in [0.15, 0.2) is 24.3 Å². The molecule has 0 spiro atoms. The molecule has 114 valence electrons. The third kappa shape index (κ3) is 3.54. The lowest BCUT2D eigenvalue weighted by Crippen LogP contribution is -2.42. The molecule has 1 amide bonds. The van der Waals surface area contributed by atoms with Gasteiger partial charge in [-0.05, 0) is 44.5 Å². The standard InChI is InChI=1S/C15H19ClN2O3/c1-10(18-8-7-15(2,9-18)14(20)21)13(19)17-12-5-3-11(16)4-6-12/h3-6,10H,7-9H2,1-2H3,(H,17,19)(H,20,21). The van der Waals surface area contributed by atoms with Crippen LogP contribution in [-0.2, 0) is 9.59 Å². The summed E-state index contributed by atoms with van der Waals surface area (Å²) in [6.45, 7) is 4.51. The average Bonchev–Trinajstić information content (AvgIpc) is 2.84. The number of amides is 1. The summed E-state index contributed by atoms with van der Waals surface area (Å²) >= 11 is 5.80. The van der Waals surface area contributed by atoms with Gasteiger partial charge in [-0.15, -0.1) is 0 Å². The number of nitrogens with zero attached hydrogens (tertiary/aromatic N) is 1. The minimum atomic E-state index is -0.810. The van der Waals surface area contributed by atoms with Gasteiger partial charge in [0.25, 0.3) is 0 Å². The number of aliphatic carboxylic acids is 1. The van der Waals surface area contributed by atoms with E-state index in [1.54, 1.807) is 38.1 Å². The maximum absolute atomic E-state index is 12.2. The molecule has 1 saturated heterocycles. The molecule has 0 aliphatic carbocycles. The van der Waals surface area contributed by atoms with E-state index in [2.05, 4.69) is 5.32 Å². The first kappa shape index (κ1) is 15.8. The fraction of sp³-hybridized carbons (Fsp3) is 0.467. The zero-order valence-electron chi connectivity index (χ0n) is 12.1. The van der Waals surface area contributed by atoms with Gasteiger partial charge >= 0.3 is 5.97 Å². The number of carbonyl (C=O) groups excluding carboxylic acids is 1. The number of carboxylic acids is 1. The lowest BCUT2D eigenvalue weighted by Gasteiger charge is -2.25. The molecule has 0 aromatic heterocycles. The van der Waals surface area contributed by atoms with Crippen molar-refractivity contribution < 1.29 is 14.7 Å². The summed E-state index contributed by atoms with van der Waals surface area (Å²) in [4.78, 5) is 25.4. The number of carboxylic acid groups (broad SMARTS) is 1. The quantitative estimate of drug-likeness (QED) is 0.896. The van der Waals surface area contributed by atoms with Gasteiger partial charge in [0, 0.05) is 23.8 Å². The van der Waals surface area contributed by atoms with Crippen molar-refractivity contribution in [1.29, 1.82) is 0 Å². The van der Waals surface area contributed by atoms with E-state index in [0.29, 0.717) is 30.2 Å². The molecule has 2 N–H and O–H groups in total. The minimum Gasteiger partial charge on any atom is -0.481 e. The van der Waals surface area contributed by atoms with Gasteiger partial charge < -0.3 is 10.4 Å². The van der Waals surface area contributed by atoms with Crippen molar-refractivity contribution >= 4 is 29.2 Å². The Hall–Kier alpha value is -1.59. The molecule has 0 bridgehead atoms. The maximum atomic E-state index is 12.2. The smallest absolute Gasteiger partial charge is 0.310 e. The van der Waals surface area contributed by atoms with Crippen LogP contribution in [0.5, 0.6) is 0 Å². The highest BCUT2D eigenvalue weighted by atomic mass is 35.5. The molecular weight excluding hydrogens is 292 g/mol. The molecule has 1 fully saturated rings. The molecule has 1 aliphatic heterocycles. The topological polar surface area (TPSA) is 69.6 Å². The molecule has 6 heteroatoms. The largest absolute Gasteiger partial charge is 0.481 e. The Labute approximate surface area is 128 Å². The predicted molar refractivity (Wildman–Crippen MR) is 81.5 cm³/mol. The Morgan fingerprint density at radius 2 is 2.00 bits per heavy atom. The van der Waals surface area contributed by atoms with Crippen molar-refractivity contribution in [3.63, 3.8) is 0 Å². The van der Waals surface area contributed by atoms with Crippen molar-refractivity contribution in [3.8, 4) is 0 Å². The molecule has 21 heavy (non-hydrogen) atoms. The van der Waals surface area contributed by atoms with Crippen molar-refractivity contribution in [1.82, 2.24) is 4.90 Å². The third-order valence-electron chi connectivity index (χ3n) is 4.06. The molecular formula is C15H19ClN2O3. The number of hydrogen-bond acceptors (Lipinski definition) is 3. The monoisotopic (exact) mass is 310 g/mol. The van der Waals surface area contributed by atoms with E-state index >= 15 is 0 Å². The van der Waals surface area contributed by atoms with Crippen LogP contribution in [0.2, 0.25) is 5.02 Å². The number of rotatable bonds is 4. The molecule has 0 saturated carbocycles. The van der Waals surface area contributed by atoms with E-state index in [1.165, 1.54) is 0 Å². The molecule has 0 radical (unpaired) electrons. The molecule has 2 rings (SSSR count). The van der Waals surface area contributed by atoms with Crippen molar-refractivity contribution in [3.05, 3.63) is 29.3 Å². The molecule has 1 aromatic rings. The van der Waals surface area contributed by atoms with E-state index in [9.17, 15) is 14.7 Å². The highest BCUT2D eigenvalue weighted by Gasteiger charge is 2.42. The summed E-state index contributed by atoms with van der Waals surface area (Å²) in [6, 6.07) is 6.51. The van der Waals surface area contributed by atoms with Crippen LogP contribution in [0, 0.1) is 5.41 Å². The Balaban J connectivity index is 1.97. The number of likely N-dealkylation sites (tertiary alicyclic amines) is 1. The first-order valence-corrected chi connectivity index (χ1v) is 7.23. The Kier molecular flexibility index (Phi) is 4.54. The third-order valence-corrected chi connectivity index (χ3v) is 4.31. The normalized spacial score (nSPS) is 23.8. The van der Waals surface area contributed by atoms with Gasteiger partial charge in [0.2, 0.25) is 5.91 Å². The number of hydrogen-bond donors (Lipinski definition) is 2. The highest BCUT2D eigenvalue weighted by molar-refractivity contribution is 6.30. The summed E-state index contributed by atoms with van der Waals surface area (Å²) in [6.07, 6.45) is 0.556. The van der Waals surface area contributed by atoms with Crippen LogP contribution in [0.1, 0.15) is 20.3 Å². The molecule has 2 atom stereocenters. The second-order valence-corrected chi connectivity index (χ2v) is 6.19. The van der Waals surface area contributed by atoms with E-state index in [1.807, 2.05) is 4.90 Å². The molecule has 1 heterocycles. The van der Waals surface area contributed by atoms with Crippen molar-refractivity contribution in [2.24, 2.45) is 5.41 Å². The van der Waals surface area contributed by atoms with Crippen LogP contribution in [0.3, 0.4) is 0 Å². The van der Waals surface area contributed by atoms with Crippen LogP contribution in [0.4, 0.5) is 5.69 Å². The van der Waals surface area contributed by atoms with Crippen LogP contribution >= 0.6 is 11.6 Å². The van der Waals surface area contributed by atoms with Gasteiger partial charge in [-0.2, -0.15) is 0 Å². The highest BCUT2D eigenvalue weighted by Crippen LogP contribution is 2.31. The summed E-state index contributed by atoms with van der Waals surface area (Å²) in [7, 11) is 0. The fourth-order valence-corrected chi connectivity index (χ4v) is 2.57. The number of anilines is 1. The average molecular weight is 311 g/mol. The second-order valence-electron chi connectivity index (χ2n) is 5.76. The molecule has 5 nitrogen and oxygen atoms in total. The van der Waals surface area contributed by atoms with Gasteiger partial charge in [0.15, 0.2) is 0 Å². The zero-order chi connectivity index (χ0) is 15.6. The lowest BCUT2D eigenvalue weighted by molar-refractivity contribution is -0.147. The van der Waals surface area contributed by atoms with E-state index < -0.39 is 11.4 Å². The van der Waals surface area contributed by atoms with E-state index in [-0.39, 0.29) is 11.9 Å². The first-order valence-electron chi connectivity index (χ1n) is 6.86. The summed E-state index contributed by atoms with van der Waals surface area (Å²) < 4.78 is 0. The summed E-state index contributed by atoms with van der Waals surface area (Å²) in [5.41, 5.74) is -0.0918. The number of halogens is 1. The van der Waals surface area contributed by atoms with Crippen LogP contribution < -0.4 is 5.32 Å².